The van der Waals surface area contributed by atoms with Crippen LogP contribution >= 0.6 is 11.6 Å². The molecule has 0 bridgehead atoms. The fourth-order valence-corrected chi connectivity index (χ4v) is 2.48. The van der Waals surface area contributed by atoms with Gasteiger partial charge in [-0.1, -0.05) is 25.4 Å². The Bertz CT molecular complexity index is 495. The molecule has 3 rings (SSSR count). The first-order valence-electron chi connectivity index (χ1n) is 6.28. The van der Waals surface area contributed by atoms with E-state index in [9.17, 15) is 0 Å². The quantitative estimate of drug-likeness (QED) is 0.850. The first-order valence-corrected chi connectivity index (χ1v) is 6.66. The molecule has 0 atom stereocenters. The Morgan fingerprint density at radius 2 is 1.67 bits per heavy atom. The van der Waals surface area contributed by atoms with Crippen molar-refractivity contribution in [3.63, 3.8) is 0 Å². The second-order valence-corrected chi connectivity index (χ2v) is 6.58. The molecule has 3 nitrogen and oxygen atoms in total. The van der Waals surface area contributed by atoms with Gasteiger partial charge in [0.2, 0.25) is 0 Å². The van der Waals surface area contributed by atoms with Gasteiger partial charge in [-0.3, -0.25) is 0 Å². The summed E-state index contributed by atoms with van der Waals surface area (Å²) in [4.78, 5) is 0. The van der Waals surface area contributed by atoms with Crippen LogP contribution in [0, 0.1) is 5.41 Å². The third kappa shape index (κ3) is 2.06. The van der Waals surface area contributed by atoms with Gasteiger partial charge in [-0.2, -0.15) is 0 Å². The number of hydrogen-bond donors (Lipinski definition) is 1. The third-order valence-electron chi connectivity index (χ3n) is 3.60. The molecule has 98 valence electrons. The lowest BCUT2D eigenvalue weighted by Crippen LogP contribution is -2.26. The Balaban J connectivity index is 1.99. The highest BCUT2D eigenvalue weighted by Crippen LogP contribution is 2.49. The van der Waals surface area contributed by atoms with Crippen LogP contribution in [-0.4, -0.2) is 13.2 Å². The van der Waals surface area contributed by atoms with Crippen molar-refractivity contribution in [2.24, 2.45) is 11.1 Å². The molecule has 1 aromatic carbocycles. The Hall–Kier alpha value is -0.930. The zero-order chi connectivity index (χ0) is 13.0. The van der Waals surface area contributed by atoms with Gasteiger partial charge >= 0.3 is 0 Å². The highest BCUT2D eigenvalue weighted by molar-refractivity contribution is 6.31. The van der Waals surface area contributed by atoms with Crippen molar-refractivity contribution in [2.75, 3.05) is 13.2 Å². The summed E-state index contributed by atoms with van der Waals surface area (Å²) in [6.07, 6.45) is 1.97. The highest BCUT2D eigenvalue weighted by atomic mass is 35.5. The number of rotatable bonds is 1. The molecule has 1 aliphatic carbocycles. The maximum atomic E-state index is 6.29. The van der Waals surface area contributed by atoms with E-state index in [1.807, 2.05) is 12.1 Å². The zero-order valence-corrected chi connectivity index (χ0v) is 11.5. The van der Waals surface area contributed by atoms with E-state index in [4.69, 9.17) is 26.8 Å². The molecule has 0 saturated heterocycles. The topological polar surface area (TPSA) is 44.5 Å². The number of benzene rings is 1. The molecule has 1 saturated carbocycles. The fraction of sp³-hybridized carbons (Fsp3) is 0.571. The van der Waals surface area contributed by atoms with Gasteiger partial charge in [0.25, 0.3) is 0 Å². The van der Waals surface area contributed by atoms with Crippen molar-refractivity contribution in [3.8, 4) is 11.5 Å². The second-order valence-electron chi connectivity index (χ2n) is 6.18. The monoisotopic (exact) mass is 267 g/mol. The van der Waals surface area contributed by atoms with Crippen molar-refractivity contribution in [1.29, 1.82) is 0 Å². The Morgan fingerprint density at radius 3 is 2.22 bits per heavy atom. The molecule has 0 spiro atoms. The lowest BCUT2D eigenvalue weighted by Gasteiger charge is -2.19. The summed E-state index contributed by atoms with van der Waals surface area (Å²) < 4.78 is 11.6. The van der Waals surface area contributed by atoms with Gasteiger partial charge in [-0.05, 0) is 24.5 Å². The number of nitrogens with two attached hydrogens (primary N) is 1. The van der Waals surface area contributed by atoms with E-state index < -0.39 is 0 Å². The normalized spacial score (nSPS) is 23.3. The number of hydrogen-bond acceptors (Lipinski definition) is 3. The highest BCUT2D eigenvalue weighted by Gasteiger charge is 2.42. The molecule has 4 heteroatoms. The summed E-state index contributed by atoms with van der Waals surface area (Å²) in [7, 11) is 0. The Morgan fingerprint density at radius 1 is 1.11 bits per heavy atom. The molecule has 0 unspecified atom stereocenters. The minimum Gasteiger partial charge on any atom is -0.489 e. The van der Waals surface area contributed by atoms with Crippen molar-refractivity contribution in [2.45, 2.75) is 32.2 Å². The van der Waals surface area contributed by atoms with Crippen LogP contribution < -0.4 is 15.2 Å². The average molecular weight is 268 g/mol. The number of fused-ring (bicyclic) bond motifs is 1. The molecular weight excluding hydrogens is 250 g/mol. The molecule has 0 radical (unpaired) electrons. The molecule has 0 aromatic heterocycles. The predicted octanol–water partition coefficient (Wildman–Crippen LogP) is 3.09. The SMILES string of the molecule is CC1(C)COc2cc(Cl)c(C3(N)CC3)cc2OC1. The Labute approximate surface area is 112 Å². The maximum Gasteiger partial charge on any atom is 0.162 e. The summed E-state index contributed by atoms with van der Waals surface area (Å²) in [5.41, 5.74) is 6.94. The van der Waals surface area contributed by atoms with Gasteiger partial charge in [0, 0.05) is 22.0 Å². The molecule has 1 aliphatic heterocycles. The lowest BCUT2D eigenvalue weighted by atomic mass is 9.97. The predicted molar refractivity (Wildman–Crippen MR) is 71.3 cm³/mol. The van der Waals surface area contributed by atoms with Crippen LogP contribution in [0.1, 0.15) is 32.3 Å². The van der Waals surface area contributed by atoms with Crippen LogP contribution in [0.2, 0.25) is 5.02 Å². The first kappa shape index (κ1) is 12.1. The van der Waals surface area contributed by atoms with Crippen LogP contribution in [0.5, 0.6) is 11.5 Å². The van der Waals surface area contributed by atoms with Crippen molar-refractivity contribution >= 4 is 11.6 Å². The second kappa shape index (κ2) is 3.78. The summed E-state index contributed by atoms with van der Waals surface area (Å²) in [6, 6.07) is 3.78. The van der Waals surface area contributed by atoms with Gasteiger partial charge < -0.3 is 15.2 Å². The maximum absolute atomic E-state index is 6.29. The number of ether oxygens (including phenoxy) is 2. The van der Waals surface area contributed by atoms with E-state index in [1.165, 1.54) is 0 Å². The molecule has 2 N–H and O–H groups in total. The van der Waals surface area contributed by atoms with Crippen LogP contribution in [0.4, 0.5) is 0 Å². The standard InChI is InChI=1S/C14H18ClNO2/c1-13(2)7-17-11-5-9(14(16)3-4-14)10(15)6-12(11)18-8-13/h5-6H,3-4,7-8,16H2,1-2H3. The van der Waals surface area contributed by atoms with E-state index >= 15 is 0 Å². The van der Waals surface area contributed by atoms with Gasteiger partial charge in [-0.15, -0.1) is 0 Å². The molecule has 1 fully saturated rings. The molecule has 0 amide bonds. The Kier molecular flexibility index (Phi) is 2.55. The van der Waals surface area contributed by atoms with Crippen LogP contribution in [-0.2, 0) is 5.54 Å². The minimum atomic E-state index is -0.253. The van der Waals surface area contributed by atoms with Gasteiger partial charge in [-0.25, -0.2) is 0 Å². The smallest absolute Gasteiger partial charge is 0.162 e. The van der Waals surface area contributed by atoms with Crippen molar-refractivity contribution in [1.82, 2.24) is 0 Å². The fourth-order valence-electron chi connectivity index (χ4n) is 2.13. The van der Waals surface area contributed by atoms with Crippen molar-refractivity contribution in [3.05, 3.63) is 22.7 Å². The summed E-state index contributed by atoms with van der Waals surface area (Å²) in [5, 5.41) is 0.678. The molecule has 18 heavy (non-hydrogen) atoms. The third-order valence-corrected chi connectivity index (χ3v) is 3.91. The summed E-state index contributed by atoms with van der Waals surface area (Å²) >= 11 is 6.29. The van der Waals surface area contributed by atoms with Crippen LogP contribution in [0.25, 0.3) is 0 Å². The van der Waals surface area contributed by atoms with Crippen molar-refractivity contribution < 1.29 is 9.47 Å². The molecule has 2 aliphatic rings. The van der Waals surface area contributed by atoms with Gasteiger partial charge in [0.05, 0.1) is 13.2 Å². The van der Waals surface area contributed by atoms with E-state index in [-0.39, 0.29) is 11.0 Å². The minimum absolute atomic E-state index is 0.00560. The van der Waals surface area contributed by atoms with E-state index in [1.54, 1.807) is 0 Å². The van der Waals surface area contributed by atoms with Crippen LogP contribution in [0.15, 0.2) is 12.1 Å². The zero-order valence-electron chi connectivity index (χ0n) is 10.8. The molecular formula is C14H18ClNO2. The molecule has 1 aromatic rings. The van der Waals surface area contributed by atoms with Gasteiger partial charge in [0.15, 0.2) is 11.5 Å². The van der Waals surface area contributed by atoms with Gasteiger partial charge in [0.1, 0.15) is 0 Å². The van der Waals surface area contributed by atoms with Crippen LogP contribution in [0.3, 0.4) is 0 Å². The van der Waals surface area contributed by atoms with E-state index in [0.717, 1.165) is 29.9 Å². The average Bonchev–Trinajstić information content (AvgIpc) is 3.05. The lowest BCUT2D eigenvalue weighted by molar-refractivity contribution is 0.140. The first-order chi connectivity index (χ1) is 8.40. The largest absolute Gasteiger partial charge is 0.489 e. The van der Waals surface area contributed by atoms with E-state index in [0.29, 0.717) is 18.2 Å². The summed E-state index contributed by atoms with van der Waals surface area (Å²) in [5.74, 6) is 1.48. The van der Waals surface area contributed by atoms with E-state index in [2.05, 4.69) is 13.8 Å². The number of halogens is 1. The summed E-state index contributed by atoms with van der Waals surface area (Å²) in [6.45, 7) is 5.50. The molecule has 1 heterocycles.